The first-order chi connectivity index (χ1) is 3.70. The second kappa shape index (κ2) is 2.20. The van der Waals surface area contributed by atoms with Gasteiger partial charge in [0.2, 0.25) is 0 Å². The van der Waals surface area contributed by atoms with Gasteiger partial charge in [-0.25, -0.2) is 0 Å². The Balaban J connectivity index is 3.14. The van der Waals surface area contributed by atoms with Crippen molar-refractivity contribution in [2.75, 3.05) is 0 Å². The van der Waals surface area contributed by atoms with Gasteiger partial charge in [0.25, 0.3) is 0 Å². The molecule has 0 amide bonds. The van der Waals surface area contributed by atoms with E-state index >= 15 is 0 Å². The van der Waals surface area contributed by atoms with Gasteiger partial charge in [0.05, 0.1) is 0 Å². The number of nitrogens with zero attached hydrogens (tertiary/aromatic N) is 1. The molecule has 0 aromatic carbocycles. The molecule has 0 aliphatic heterocycles. The molecule has 8 heavy (non-hydrogen) atoms. The van der Waals surface area contributed by atoms with Gasteiger partial charge in [-0.15, -0.1) is 0 Å². The third-order valence-corrected chi connectivity index (χ3v) is 2.96. The molecule has 44 valence electrons. The van der Waals surface area contributed by atoms with Crippen LogP contribution in [0.5, 0.6) is 0 Å². The van der Waals surface area contributed by atoms with Crippen molar-refractivity contribution in [3.63, 3.8) is 0 Å². The Morgan fingerprint density at radius 3 is 2.25 bits per heavy atom. The van der Waals surface area contributed by atoms with E-state index in [2.05, 4.69) is 18.8 Å². The van der Waals surface area contributed by atoms with Crippen LogP contribution in [0.25, 0.3) is 0 Å². The average Bonchev–Trinajstić information content (AvgIpc) is 1.85. The van der Waals surface area contributed by atoms with Gasteiger partial charge in [0.1, 0.15) is 0 Å². The van der Waals surface area contributed by atoms with E-state index < -0.39 is 0 Å². The SMILES string of the molecule is Cc1nc([AsH2])sc1C. The first-order valence-electron chi connectivity index (χ1n) is 2.39. The molecule has 1 aromatic rings. The van der Waals surface area contributed by atoms with E-state index in [1.807, 2.05) is 0 Å². The van der Waals surface area contributed by atoms with Crippen molar-refractivity contribution < 1.29 is 0 Å². The first-order valence-corrected chi connectivity index (χ1v) is 4.42. The zero-order valence-corrected chi connectivity index (χ0v) is 8.17. The molecule has 1 heterocycles. The topological polar surface area (TPSA) is 12.9 Å². The molecule has 0 aliphatic carbocycles. The molecular weight excluding hydrogens is 181 g/mol. The van der Waals surface area contributed by atoms with Crippen LogP contribution >= 0.6 is 11.3 Å². The van der Waals surface area contributed by atoms with Crippen molar-refractivity contribution in [3.8, 4) is 0 Å². The molecule has 0 N–H and O–H groups in total. The Morgan fingerprint density at radius 2 is 2.12 bits per heavy atom. The quantitative estimate of drug-likeness (QED) is 0.524. The van der Waals surface area contributed by atoms with Gasteiger partial charge in [-0.05, 0) is 0 Å². The monoisotopic (exact) mass is 189 g/mol. The molecule has 0 radical (unpaired) electrons. The predicted octanol–water partition coefficient (Wildman–Crippen LogP) is 0.0183. The van der Waals surface area contributed by atoms with Crippen LogP contribution in [-0.2, 0) is 0 Å². The Morgan fingerprint density at radius 1 is 1.50 bits per heavy atom. The maximum absolute atomic E-state index is 4.26. The van der Waals surface area contributed by atoms with E-state index in [4.69, 9.17) is 0 Å². The molecule has 3 heteroatoms. The van der Waals surface area contributed by atoms with Crippen LogP contribution in [0.4, 0.5) is 0 Å². The van der Waals surface area contributed by atoms with Crippen LogP contribution in [0.1, 0.15) is 10.6 Å². The summed E-state index contributed by atoms with van der Waals surface area (Å²) in [4.78, 5) is 5.61. The molecule has 1 rings (SSSR count). The van der Waals surface area contributed by atoms with Gasteiger partial charge in [0, 0.05) is 0 Å². The minimum absolute atomic E-state index is 1.19. The fraction of sp³-hybridized carbons (Fsp3) is 0.400. The molecule has 1 aromatic heterocycles. The van der Waals surface area contributed by atoms with E-state index in [1.54, 1.807) is 28.2 Å². The second-order valence-electron chi connectivity index (χ2n) is 1.69. The second-order valence-corrected chi connectivity index (χ2v) is 4.95. The maximum atomic E-state index is 4.26. The minimum atomic E-state index is 1.19. The summed E-state index contributed by atoms with van der Waals surface area (Å²) >= 11 is 3.40. The number of rotatable bonds is 0. The zero-order valence-electron chi connectivity index (χ0n) is 4.93. The fourth-order valence-corrected chi connectivity index (χ4v) is 2.71. The van der Waals surface area contributed by atoms with E-state index in [1.165, 1.54) is 14.4 Å². The van der Waals surface area contributed by atoms with E-state index in [0.29, 0.717) is 0 Å². The Hall–Kier alpha value is 0.188. The summed E-state index contributed by atoms with van der Waals surface area (Å²) in [6.45, 7) is 4.16. The molecular formula is C5H8AsNS. The summed E-state index contributed by atoms with van der Waals surface area (Å²) in [7, 11) is 0. The van der Waals surface area contributed by atoms with Crippen LogP contribution in [-0.4, -0.2) is 21.8 Å². The van der Waals surface area contributed by atoms with Crippen molar-refractivity contribution in [2.24, 2.45) is 0 Å². The van der Waals surface area contributed by atoms with E-state index in [0.717, 1.165) is 0 Å². The molecule has 0 saturated heterocycles. The fourth-order valence-electron chi connectivity index (χ4n) is 0.498. The summed E-state index contributed by atoms with van der Waals surface area (Å²) in [5, 5.41) is 0. The Labute approximate surface area is 61.6 Å². The average molecular weight is 189 g/mol. The van der Waals surface area contributed by atoms with Crippen LogP contribution in [0.3, 0.4) is 0 Å². The third kappa shape index (κ3) is 1.12. The third-order valence-electron chi connectivity index (χ3n) is 1.05. The number of hydrogen-bond donors (Lipinski definition) is 0. The van der Waals surface area contributed by atoms with Gasteiger partial charge >= 0.3 is 61.4 Å². The normalized spacial score (nSPS) is 9.88. The zero-order chi connectivity index (χ0) is 6.15. The molecule has 1 nitrogen and oxygen atoms in total. The number of aromatic nitrogens is 1. The molecule has 0 fully saturated rings. The molecule has 0 saturated carbocycles. The van der Waals surface area contributed by atoms with Crippen LogP contribution in [0.15, 0.2) is 0 Å². The van der Waals surface area contributed by atoms with Crippen molar-refractivity contribution in [1.82, 2.24) is 4.98 Å². The van der Waals surface area contributed by atoms with Crippen molar-refractivity contribution in [2.45, 2.75) is 13.8 Å². The number of hydrogen-bond acceptors (Lipinski definition) is 2. The van der Waals surface area contributed by atoms with Crippen molar-refractivity contribution in [3.05, 3.63) is 10.6 Å². The molecule has 0 aliphatic rings. The standard InChI is InChI=1S/C5H8AsNS/c1-3-4(2)8-5(6)7-3/h6H2,1-2H3. The molecule has 1 unspecified atom stereocenters. The molecule has 1 atom stereocenters. The van der Waals surface area contributed by atoms with Gasteiger partial charge in [0.15, 0.2) is 0 Å². The Kier molecular flexibility index (Phi) is 1.73. The van der Waals surface area contributed by atoms with Gasteiger partial charge in [-0.1, -0.05) is 0 Å². The van der Waals surface area contributed by atoms with Gasteiger partial charge in [-0.3, -0.25) is 0 Å². The van der Waals surface area contributed by atoms with Crippen molar-refractivity contribution in [1.29, 1.82) is 0 Å². The molecule has 0 bridgehead atoms. The number of aryl methyl sites for hydroxylation is 2. The first kappa shape index (κ1) is 6.31. The van der Waals surface area contributed by atoms with E-state index in [9.17, 15) is 0 Å². The summed E-state index contributed by atoms with van der Waals surface area (Å²) in [6.07, 6.45) is 0. The predicted molar refractivity (Wildman–Crippen MR) is 39.8 cm³/mol. The van der Waals surface area contributed by atoms with E-state index in [-0.39, 0.29) is 0 Å². The number of thiazole rings is 1. The Bertz CT molecular complexity index is 175. The van der Waals surface area contributed by atoms with Crippen molar-refractivity contribution >= 4 is 32.0 Å². The summed E-state index contributed by atoms with van der Waals surface area (Å²) in [6, 6.07) is 0. The molecule has 0 spiro atoms. The van der Waals surface area contributed by atoms with Crippen LogP contribution in [0, 0.1) is 13.8 Å². The van der Waals surface area contributed by atoms with Crippen LogP contribution < -0.4 is 3.80 Å². The summed E-state index contributed by atoms with van der Waals surface area (Å²) in [5.41, 5.74) is 1.19. The summed E-state index contributed by atoms with van der Waals surface area (Å²) in [5.74, 6) is 0. The van der Waals surface area contributed by atoms with Gasteiger partial charge in [-0.2, -0.15) is 0 Å². The van der Waals surface area contributed by atoms with Crippen LogP contribution in [0.2, 0.25) is 0 Å². The summed E-state index contributed by atoms with van der Waals surface area (Å²) < 4.78 is 1.23. The van der Waals surface area contributed by atoms with Gasteiger partial charge < -0.3 is 0 Å².